The van der Waals surface area contributed by atoms with Gasteiger partial charge in [0.25, 0.3) is 0 Å². The standard InChI is InChI=1S/C10H14N2O/c1-7-5-9-6-11-3-4-13-10(9)12-8(7)2/h5,11H,3-4,6H2,1-2H3. The Hall–Kier alpha value is -1.09. The topological polar surface area (TPSA) is 34.1 Å². The highest BCUT2D eigenvalue weighted by Gasteiger charge is 2.10. The number of nitrogens with zero attached hydrogens (tertiary/aromatic N) is 1. The van der Waals surface area contributed by atoms with Gasteiger partial charge in [0.1, 0.15) is 6.61 Å². The van der Waals surface area contributed by atoms with Crippen LogP contribution in [0, 0.1) is 13.8 Å². The number of pyridine rings is 1. The molecule has 0 bridgehead atoms. The van der Waals surface area contributed by atoms with E-state index in [2.05, 4.69) is 23.3 Å². The van der Waals surface area contributed by atoms with Crippen molar-refractivity contribution in [2.45, 2.75) is 20.4 Å². The minimum atomic E-state index is 0.711. The Kier molecular flexibility index (Phi) is 2.19. The lowest BCUT2D eigenvalue weighted by atomic mass is 10.1. The fourth-order valence-electron chi connectivity index (χ4n) is 1.43. The number of rotatable bonds is 0. The van der Waals surface area contributed by atoms with Crippen LogP contribution in [0.3, 0.4) is 0 Å². The highest BCUT2D eigenvalue weighted by atomic mass is 16.5. The third kappa shape index (κ3) is 1.65. The van der Waals surface area contributed by atoms with Crippen molar-refractivity contribution >= 4 is 0 Å². The molecule has 0 atom stereocenters. The van der Waals surface area contributed by atoms with Crippen molar-refractivity contribution in [3.05, 3.63) is 22.9 Å². The van der Waals surface area contributed by atoms with Crippen LogP contribution in [0.1, 0.15) is 16.8 Å². The van der Waals surface area contributed by atoms with E-state index in [4.69, 9.17) is 4.74 Å². The van der Waals surface area contributed by atoms with Crippen LogP contribution in [0.2, 0.25) is 0 Å². The summed E-state index contributed by atoms with van der Waals surface area (Å²) in [4.78, 5) is 4.41. The van der Waals surface area contributed by atoms with Gasteiger partial charge in [-0.2, -0.15) is 0 Å². The zero-order valence-corrected chi connectivity index (χ0v) is 8.05. The molecule has 0 fully saturated rings. The third-order valence-electron chi connectivity index (χ3n) is 2.34. The molecule has 0 unspecified atom stereocenters. The average Bonchev–Trinajstić information content (AvgIpc) is 2.31. The quantitative estimate of drug-likeness (QED) is 0.647. The van der Waals surface area contributed by atoms with E-state index >= 15 is 0 Å². The molecule has 1 aromatic heterocycles. The van der Waals surface area contributed by atoms with Gasteiger partial charge in [-0.05, 0) is 25.5 Å². The SMILES string of the molecule is Cc1cc2c(nc1C)OCCNC2. The molecule has 13 heavy (non-hydrogen) atoms. The molecule has 2 rings (SSSR count). The molecule has 1 N–H and O–H groups in total. The second kappa shape index (κ2) is 3.34. The molecule has 0 aliphatic carbocycles. The first-order chi connectivity index (χ1) is 6.27. The van der Waals surface area contributed by atoms with E-state index in [9.17, 15) is 0 Å². The van der Waals surface area contributed by atoms with Gasteiger partial charge in [-0.3, -0.25) is 0 Å². The van der Waals surface area contributed by atoms with Crippen LogP contribution in [-0.2, 0) is 6.54 Å². The molecular weight excluding hydrogens is 164 g/mol. The number of hydrogen-bond acceptors (Lipinski definition) is 3. The average molecular weight is 178 g/mol. The van der Waals surface area contributed by atoms with Gasteiger partial charge in [0.2, 0.25) is 5.88 Å². The van der Waals surface area contributed by atoms with Crippen molar-refractivity contribution in [1.82, 2.24) is 10.3 Å². The molecule has 2 heterocycles. The summed E-state index contributed by atoms with van der Waals surface area (Å²) in [7, 11) is 0. The van der Waals surface area contributed by atoms with Crippen molar-refractivity contribution in [2.24, 2.45) is 0 Å². The Morgan fingerprint density at radius 2 is 2.31 bits per heavy atom. The molecule has 3 heteroatoms. The maximum atomic E-state index is 5.51. The monoisotopic (exact) mass is 178 g/mol. The zero-order valence-electron chi connectivity index (χ0n) is 8.05. The molecule has 70 valence electrons. The number of aromatic nitrogens is 1. The fraction of sp³-hybridized carbons (Fsp3) is 0.500. The van der Waals surface area contributed by atoms with Gasteiger partial charge in [0, 0.05) is 24.3 Å². The predicted octanol–water partition coefficient (Wildman–Crippen LogP) is 1.18. The summed E-state index contributed by atoms with van der Waals surface area (Å²) < 4.78 is 5.51. The molecule has 1 aromatic rings. The van der Waals surface area contributed by atoms with E-state index < -0.39 is 0 Å². The molecule has 0 spiro atoms. The molecule has 1 aliphatic rings. The largest absolute Gasteiger partial charge is 0.476 e. The lowest BCUT2D eigenvalue weighted by molar-refractivity contribution is 0.313. The molecule has 0 aromatic carbocycles. The van der Waals surface area contributed by atoms with Crippen molar-refractivity contribution in [3.63, 3.8) is 0 Å². The smallest absolute Gasteiger partial charge is 0.218 e. The summed E-state index contributed by atoms with van der Waals surface area (Å²) >= 11 is 0. The Labute approximate surface area is 78.1 Å². The molecule has 0 saturated carbocycles. The van der Waals surface area contributed by atoms with E-state index in [1.807, 2.05) is 6.92 Å². The van der Waals surface area contributed by atoms with E-state index in [0.717, 1.165) is 24.7 Å². The van der Waals surface area contributed by atoms with E-state index in [1.54, 1.807) is 0 Å². The predicted molar refractivity (Wildman–Crippen MR) is 50.9 cm³/mol. The Balaban J connectivity index is 2.43. The van der Waals surface area contributed by atoms with Crippen LogP contribution >= 0.6 is 0 Å². The first-order valence-corrected chi connectivity index (χ1v) is 4.58. The molecule has 0 saturated heterocycles. The van der Waals surface area contributed by atoms with E-state index in [0.29, 0.717) is 6.61 Å². The summed E-state index contributed by atoms with van der Waals surface area (Å²) in [5, 5.41) is 3.29. The normalized spacial score (nSPS) is 15.8. The first-order valence-electron chi connectivity index (χ1n) is 4.58. The lowest BCUT2D eigenvalue weighted by Gasteiger charge is -2.07. The summed E-state index contributed by atoms with van der Waals surface area (Å²) in [6.45, 7) is 6.56. The minimum absolute atomic E-state index is 0.711. The van der Waals surface area contributed by atoms with Crippen molar-refractivity contribution in [3.8, 4) is 5.88 Å². The van der Waals surface area contributed by atoms with Crippen LogP contribution in [-0.4, -0.2) is 18.1 Å². The first kappa shape index (κ1) is 8.51. The van der Waals surface area contributed by atoms with Crippen LogP contribution < -0.4 is 10.1 Å². The number of fused-ring (bicyclic) bond motifs is 1. The summed E-state index contributed by atoms with van der Waals surface area (Å²) in [6.07, 6.45) is 0. The van der Waals surface area contributed by atoms with Crippen LogP contribution in [0.25, 0.3) is 0 Å². The van der Waals surface area contributed by atoms with Crippen LogP contribution in [0.15, 0.2) is 6.07 Å². The summed E-state index contributed by atoms with van der Waals surface area (Å²) in [5.74, 6) is 0.799. The lowest BCUT2D eigenvalue weighted by Crippen LogP contribution is -2.16. The van der Waals surface area contributed by atoms with Crippen molar-refractivity contribution in [2.75, 3.05) is 13.2 Å². The number of hydrogen-bond donors (Lipinski definition) is 1. The zero-order chi connectivity index (χ0) is 9.26. The second-order valence-electron chi connectivity index (χ2n) is 3.38. The molecular formula is C10H14N2O. The van der Waals surface area contributed by atoms with Crippen molar-refractivity contribution < 1.29 is 4.74 Å². The highest BCUT2D eigenvalue weighted by molar-refractivity contribution is 5.33. The highest BCUT2D eigenvalue weighted by Crippen LogP contribution is 2.20. The molecule has 0 radical (unpaired) electrons. The minimum Gasteiger partial charge on any atom is -0.476 e. The summed E-state index contributed by atoms with van der Waals surface area (Å²) in [5.41, 5.74) is 3.45. The maximum absolute atomic E-state index is 5.51. The molecule has 3 nitrogen and oxygen atoms in total. The number of nitrogens with one attached hydrogen (secondary N) is 1. The van der Waals surface area contributed by atoms with E-state index in [1.165, 1.54) is 11.1 Å². The van der Waals surface area contributed by atoms with Gasteiger partial charge in [-0.1, -0.05) is 0 Å². The Morgan fingerprint density at radius 1 is 1.46 bits per heavy atom. The van der Waals surface area contributed by atoms with Gasteiger partial charge in [0.15, 0.2) is 0 Å². The number of aryl methyl sites for hydroxylation is 2. The van der Waals surface area contributed by atoms with E-state index in [-0.39, 0.29) is 0 Å². The van der Waals surface area contributed by atoms with Gasteiger partial charge in [-0.15, -0.1) is 0 Å². The molecule has 0 amide bonds. The van der Waals surface area contributed by atoms with Gasteiger partial charge in [0.05, 0.1) is 0 Å². The van der Waals surface area contributed by atoms with Gasteiger partial charge in [-0.25, -0.2) is 4.98 Å². The third-order valence-corrected chi connectivity index (χ3v) is 2.34. The molecule has 1 aliphatic heterocycles. The second-order valence-corrected chi connectivity index (χ2v) is 3.38. The van der Waals surface area contributed by atoms with Crippen LogP contribution in [0.4, 0.5) is 0 Å². The Morgan fingerprint density at radius 3 is 3.15 bits per heavy atom. The Bertz CT molecular complexity index is 292. The number of ether oxygens (including phenoxy) is 1. The van der Waals surface area contributed by atoms with Gasteiger partial charge < -0.3 is 10.1 Å². The fourth-order valence-corrected chi connectivity index (χ4v) is 1.43. The van der Waals surface area contributed by atoms with Crippen molar-refractivity contribution in [1.29, 1.82) is 0 Å². The van der Waals surface area contributed by atoms with Gasteiger partial charge >= 0.3 is 0 Å². The maximum Gasteiger partial charge on any atom is 0.218 e. The van der Waals surface area contributed by atoms with Crippen LogP contribution in [0.5, 0.6) is 5.88 Å². The summed E-state index contributed by atoms with van der Waals surface area (Å²) in [6, 6.07) is 2.15.